The van der Waals surface area contributed by atoms with Gasteiger partial charge >= 0.3 is 0 Å². The molecule has 1 aliphatic heterocycles. The molecule has 1 fully saturated rings. The summed E-state index contributed by atoms with van der Waals surface area (Å²) >= 11 is 7.52. The van der Waals surface area contributed by atoms with Crippen molar-refractivity contribution in [3.05, 3.63) is 51.7 Å². The molecule has 2 heterocycles. The molecule has 0 radical (unpaired) electrons. The molecule has 0 spiro atoms. The number of sulfonamides is 1. The van der Waals surface area contributed by atoms with Gasteiger partial charge in [0, 0.05) is 36.1 Å². The van der Waals surface area contributed by atoms with Crippen LogP contribution in [0.1, 0.15) is 17.8 Å². The molecule has 1 atom stereocenters. The van der Waals surface area contributed by atoms with Gasteiger partial charge in [-0.1, -0.05) is 23.7 Å². The molecule has 9 heteroatoms. The zero-order chi connectivity index (χ0) is 19.4. The van der Waals surface area contributed by atoms with E-state index in [9.17, 15) is 13.2 Å². The van der Waals surface area contributed by atoms with Crippen LogP contribution in [0.25, 0.3) is 0 Å². The van der Waals surface area contributed by atoms with E-state index in [1.54, 1.807) is 29.5 Å². The summed E-state index contributed by atoms with van der Waals surface area (Å²) in [4.78, 5) is 15.5. The highest BCUT2D eigenvalue weighted by molar-refractivity contribution is 7.89. The lowest BCUT2D eigenvalue weighted by Crippen LogP contribution is -2.51. The normalized spacial score (nSPS) is 17.6. The Hall–Kier alpha value is -1.45. The molecule has 3 rings (SSSR count). The van der Waals surface area contributed by atoms with Crippen LogP contribution in [0.4, 0.5) is 0 Å². The van der Waals surface area contributed by atoms with Crippen LogP contribution in [0, 0.1) is 0 Å². The van der Waals surface area contributed by atoms with Crippen LogP contribution in [0.3, 0.4) is 0 Å². The number of piperazine rings is 1. The molecule has 27 heavy (non-hydrogen) atoms. The molecule has 0 aliphatic carbocycles. The van der Waals surface area contributed by atoms with Crippen molar-refractivity contribution in [1.29, 1.82) is 0 Å². The summed E-state index contributed by atoms with van der Waals surface area (Å²) in [6, 6.07) is 10.2. The monoisotopic (exact) mass is 427 g/mol. The Bertz CT molecular complexity index is 879. The first-order valence-corrected chi connectivity index (χ1v) is 11.4. The number of carbonyl (C=O) groups is 1. The smallest absolute Gasteiger partial charge is 0.243 e. The van der Waals surface area contributed by atoms with Gasteiger partial charge in [0.1, 0.15) is 0 Å². The molecular weight excluding hydrogens is 406 g/mol. The van der Waals surface area contributed by atoms with Crippen molar-refractivity contribution in [1.82, 2.24) is 14.5 Å². The predicted molar refractivity (Wildman–Crippen MR) is 108 cm³/mol. The Balaban J connectivity index is 1.52. The average molecular weight is 428 g/mol. The largest absolute Gasteiger partial charge is 0.348 e. The summed E-state index contributed by atoms with van der Waals surface area (Å²) in [7, 11) is -3.56. The zero-order valence-corrected chi connectivity index (χ0v) is 17.4. The van der Waals surface area contributed by atoms with Crippen molar-refractivity contribution in [2.45, 2.75) is 17.9 Å². The van der Waals surface area contributed by atoms with Gasteiger partial charge in [-0.15, -0.1) is 11.3 Å². The topological polar surface area (TPSA) is 69.7 Å². The molecule has 0 bridgehead atoms. The fourth-order valence-electron chi connectivity index (χ4n) is 3.00. The maximum Gasteiger partial charge on any atom is 0.243 e. The molecule has 1 unspecified atom stereocenters. The Morgan fingerprint density at radius 2 is 1.96 bits per heavy atom. The fourth-order valence-corrected chi connectivity index (χ4v) is 5.46. The van der Waals surface area contributed by atoms with E-state index in [-0.39, 0.29) is 23.4 Å². The predicted octanol–water partition coefficient (Wildman–Crippen LogP) is 2.59. The molecule has 1 aromatic carbocycles. The van der Waals surface area contributed by atoms with Crippen LogP contribution in [0.5, 0.6) is 0 Å². The van der Waals surface area contributed by atoms with Gasteiger partial charge in [-0.2, -0.15) is 4.31 Å². The van der Waals surface area contributed by atoms with Crippen molar-refractivity contribution < 1.29 is 13.2 Å². The third-order valence-corrected chi connectivity index (χ3v) is 7.66. The summed E-state index contributed by atoms with van der Waals surface area (Å²) in [5.74, 6) is -0.0537. The van der Waals surface area contributed by atoms with E-state index in [1.807, 2.05) is 29.3 Å². The van der Waals surface area contributed by atoms with Crippen LogP contribution in [-0.4, -0.2) is 56.3 Å². The van der Waals surface area contributed by atoms with Crippen molar-refractivity contribution in [2.75, 3.05) is 32.7 Å². The van der Waals surface area contributed by atoms with E-state index in [0.29, 0.717) is 31.2 Å². The summed E-state index contributed by atoms with van der Waals surface area (Å²) < 4.78 is 26.9. The van der Waals surface area contributed by atoms with Crippen LogP contribution in [0.15, 0.2) is 46.7 Å². The van der Waals surface area contributed by atoms with E-state index >= 15 is 0 Å². The standard InChI is InChI=1S/C18H22ClN3O3S2/c1-14(17-6-3-11-26-17)20-18(23)13-21-7-9-22(10-8-21)27(24,25)16-5-2-4-15(19)12-16/h2-6,11-12,14H,7-10,13H2,1H3,(H,20,23). The molecule has 6 nitrogen and oxygen atoms in total. The number of nitrogens with one attached hydrogen (secondary N) is 1. The maximum atomic E-state index is 12.7. The Morgan fingerprint density at radius 3 is 2.59 bits per heavy atom. The second-order valence-electron chi connectivity index (χ2n) is 6.44. The van der Waals surface area contributed by atoms with E-state index in [4.69, 9.17) is 11.6 Å². The van der Waals surface area contributed by atoms with Gasteiger partial charge in [0.05, 0.1) is 17.5 Å². The number of hydrogen-bond donors (Lipinski definition) is 1. The quantitative estimate of drug-likeness (QED) is 0.769. The third-order valence-electron chi connectivity index (χ3n) is 4.48. The zero-order valence-electron chi connectivity index (χ0n) is 15.0. The number of nitrogens with zero attached hydrogens (tertiary/aromatic N) is 2. The second kappa shape index (κ2) is 8.70. The van der Waals surface area contributed by atoms with Crippen LogP contribution < -0.4 is 5.32 Å². The summed E-state index contributed by atoms with van der Waals surface area (Å²) in [6.45, 7) is 3.95. The van der Waals surface area contributed by atoms with Gasteiger partial charge in [-0.05, 0) is 36.6 Å². The third kappa shape index (κ3) is 5.08. The summed E-state index contributed by atoms with van der Waals surface area (Å²) in [6.07, 6.45) is 0. The molecule has 0 saturated carbocycles. The first kappa shape index (κ1) is 20.3. The van der Waals surface area contributed by atoms with Crippen molar-refractivity contribution >= 4 is 38.9 Å². The van der Waals surface area contributed by atoms with E-state index in [2.05, 4.69) is 5.32 Å². The highest BCUT2D eigenvalue weighted by Gasteiger charge is 2.29. The van der Waals surface area contributed by atoms with Gasteiger partial charge in [0.15, 0.2) is 0 Å². The molecule has 1 saturated heterocycles. The Labute approximate surface area is 168 Å². The number of amides is 1. The van der Waals surface area contributed by atoms with Crippen LogP contribution in [-0.2, 0) is 14.8 Å². The first-order valence-electron chi connectivity index (χ1n) is 8.67. The summed E-state index contributed by atoms with van der Waals surface area (Å²) in [5.41, 5.74) is 0. The minimum absolute atomic E-state index is 0.0259. The second-order valence-corrected chi connectivity index (χ2v) is 9.80. The lowest BCUT2D eigenvalue weighted by Gasteiger charge is -2.33. The molecule has 2 aromatic rings. The number of benzene rings is 1. The van der Waals surface area contributed by atoms with E-state index < -0.39 is 10.0 Å². The molecule has 1 aliphatic rings. The molecule has 1 amide bonds. The number of carbonyl (C=O) groups excluding carboxylic acids is 1. The molecule has 146 valence electrons. The Kier molecular flexibility index (Phi) is 6.54. The van der Waals surface area contributed by atoms with Crippen molar-refractivity contribution in [3.8, 4) is 0 Å². The minimum Gasteiger partial charge on any atom is -0.348 e. The molecule has 1 N–H and O–H groups in total. The van der Waals surface area contributed by atoms with Gasteiger partial charge in [0.2, 0.25) is 15.9 Å². The SMILES string of the molecule is CC(NC(=O)CN1CCN(S(=O)(=O)c2cccc(Cl)c2)CC1)c1cccs1. The summed E-state index contributed by atoms with van der Waals surface area (Å²) in [5, 5.41) is 5.36. The van der Waals surface area contributed by atoms with E-state index in [1.165, 1.54) is 10.4 Å². The van der Waals surface area contributed by atoms with Crippen molar-refractivity contribution in [3.63, 3.8) is 0 Å². The average Bonchev–Trinajstić information content (AvgIpc) is 3.17. The van der Waals surface area contributed by atoms with Gasteiger partial charge in [-0.25, -0.2) is 8.42 Å². The maximum absolute atomic E-state index is 12.7. The number of halogens is 1. The van der Waals surface area contributed by atoms with Gasteiger partial charge in [0.25, 0.3) is 0 Å². The Morgan fingerprint density at radius 1 is 1.22 bits per heavy atom. The lowest BCUT2D eigenvalue weighted by molar-refractivity contribution is -0.123. The van der Waals surface area contributed by atoms with Crippen LogP contribution in [0.2, 0.25) is 5.02 Å². The minimum atomic E-state index is -3.56. The number of rotatable bonds is 6. The molecular formula is C18H22ClN3O3S2. The highest BCUT2D eigenvalue weighted by Crippen LogP contribution is 2.21. The highest BCUT2D eigenvalue weighted by atomic mass is 35.5. The van der Waals surface area contributed by atoms with E-state index in [0.717, 1.165) is 4.88 Å². The van der Waals surface area contributed by atoms with Crippen molar-refractivity contribution in [2.24, 2.45) is 0 Å². The number of hydrogen-bond acceptors (Lipinski definition) is 5. The first-order chi connectivity index (χ1) is 12.9. The van der Waals surface area contributed by atoms with Gasteiger partial charge < -0.3 is 5.32 Å². The van der Waals surface area contributed by atoms with Gasteiger partial charge in [-0.3, -0.25) is 9.69 Å². The fraction of sp³-hybridized carbons (Fsp3) is 0.389. The number of thiophene rings is 1. The van der Waals surface area contributed by atoms with Crippen LogP contribution >= 0.6 is 22.9 Å². The lowest BCUT2D eigenvalue weighted by atomic mass is 10.2. The molecule has 1 aromatic heterocycles.